The van der Waals surface area contributed by atoms with Crippen molar-refractivity contribution in [1.29, 1.82) is 0 Å². The lowest BCUT2D eigenvalue weighted by atomic mass is 9.76. The van der Waals surface area contributed by atoms with Gasteiger partial charge in [0.1, 0.15) is 12.1 Å². The van der Waals surface area contributed by atoms with E-state index in [1.807, 2.05) is 30.3 Å². The highest BCUT2D eigenvalue weighted by molar-refractivity contribution is 6.31. The molecule has 0 bridgehead atoms. The van der Waals surface area contributed by atoms with E-state index in [0.29, 0.717) is 28.4 Å². The lowest BCUT2D eigenvalue weighted by Crippen LogP contribution is -2.56. The molecule has 3 aliphatic heterocycles. The summed E-state index contributed by atoms with van der Waals surface area (Å²) in [7, 11) is 0. The maximum atomic E-state index is 14.4. The second kappa shape index (κ2) is 9.63. The first kappa shape index (κ1) is 25.3. The third-order valence-corrected chi connectivity index (χ3v) is 8.06. The molecule has 3 aliphatic rings. The van der Waals surface area contributed by atoms with Gasteiger partial charge in [-0.05, 0) is 43.2 Å². The van der Waals surface area contributed by atoms with Crippen molar-refractivity contribution in [3.63, 3.8) is 0 Å². The Labute approximate surface area is 230 Å². The number of nitrogens with one attached hydrogen (secondary N) is 1. The SMILES string of the molecule is CCOC(=O)CN1C(=O)[C@]2(N[C@H](Cc3ccccc3)[C@H]3C(=O)N(c4cccc(Cl)c4)C(=O)[C@@H]32)c2ccccc21. The normalized spacial score (nSPS) is 25.4. The standard InChI is InChI=1S/C30H26ClN3O5/c1-2-39-24(35)17-33-23-14-7-6-13-21(23)30(29(33)38)26-25(22(32-30)15-18-9-4-3-5-10-18)27(36)34(28(26)37)20-12-8-11-19(31)16-20/h3-14,16,22,25-26,32H,2,15,17H2,1H3/t22-,25-,26-,30+/m1/s1. The molecule has 39 heavy (non-hydrogen) atoms. The molecule has 0 saturated carbocycles. The molecule has 0 aliphatic carbocycles. The molecule has 4 atom stereocenters. The van der Waals surface area contributed by atoms with Gasteiger partial charge in [-0.3, -0.25) is 29.4 Å². The van der Waals surface area contributed by atoms with Crippen LogP contribution in [0.5, 0.6) is 0 Å². The number of carbonyl (C=O) groups is 4. The van der Waals surface area contributed by atoms with Crippen LogP contribution < -0.4 is 15.1 Å². The zero-order valence-corrected chi connectivity index (χ0v) is 21.9. The van der Waals surface area contributed by atoms with Gasteiger partial charge in [-0.1, -0.05) is 66.2 Å². The number of fused-ring (bicyclic) bond motifs is 4. The summed E-state index contributed by atoms with van der Waals surface area (Å²) in [6, 6.07) is 22.8. The van der Waals surface area contributed by atoms with E-state index in [9.17, 15) is 19.2 Å². The Hall–Kier alpha value is -4.01. The average molecular weight is 544 g/mol. The van der Waals surface area contributed by atoms with Gasteiger partial charge in [-0.25, -0.2) is 4.90 Å². The Bertz CT molecular complexity index is 1490. The molecule has 3 amide bonds. The first-order chi connectivity index (χ1) is 18.9. The molecule has 3 heterocycles. The first-order valence-electron chi connectivity index (χ1n) is 12.9. The van der Waals surface area contributed by atoms with E-state index in [1.165, 1.54) is 4.90 Å². The lowest BCUT2D eigenvalue weighted by molar-refractivity contribution is -0.142. The number of ether oxygens (including phenoxy) is 1. The molecule has 0 aromatic heterocycles. The van der Waals surface area contributed by atoms with E-state index in [2.05, 4.69) is 5.32 Å². The maximum absolute atomic E-state index is 14.4. The van der Waals surface area contributed by atoms with Gasteiger partial charge in [0, 0.05) is 22.3 Å². The van der Waals surface area contributed by atoms with Gasteiger partial charge in [0.05, 0.1) is 24.1 Å². The number of hydrogen-bond donors (Lipinski definition) is 1. The number of benzene rings is 3. The fourth-order valence-corrected chi connectivity index (χ4v) is 6.54. The molecule has 8 nitrogen and oxygen atoms in total. The Morgan fingerprint density at radius 3 is 2.46 bits per heavy atom. The highest BCUT2D eigenvalue weighted by Crippen LogP contribution is 2.55. The Kier molecular flexibility index (Phi) is 6.24. The zero-order chi connectivity index (χ0) is 27.3. The third-order valence-electron chi connectivity index (χ3n) is 7.82. The maximum Gasteiger partial charge on any atom is 0.326 e. The van der Waals surface area contributed by atoms with E-state index >= 15 is 0 Å². The molecule has 6 rings (SSSR count). The predicted octanol–water partition coefficient (Wildman–Crippen LogP) is 3.47. The molecule has 3 aromatic carbocycles. The summed E-state index contributed by atoms with van der Waals surface area (Å²) >= 11 is 6.21. The van der Waals surface area contributed by atoms with Crippen molar-refractivity contribution in [3.05, 3.63) is 95.0 Å². The molecular weight excluding hydrogens is 518 g/mol. The number of amides is 3. The molecule has 1 N–H and O–H groups in total. The number of nitrogens with zero attached hydrogens (tertiary/aromatic N) is 2. The van der Waals surface area contributed by atoms with Gasteiger partial charge in [0.15, 0.2) is 0 Å². The van der Waals surface area contributed by atoms with E-state index in [0.717, 1.165) is 10.5 Å². The minimum absolute atomic E-state index is 0.178. The first-order valence-corrected chi connectivity index (χ1v) is 13.3. The van der Waals surface area contributed by atoms with Crippen molar-refractivity contribution in [1.82, 2.24) is 5.32 Å². The number of esters is 1. The van der Waals surface area contributed by atoms with Crippen LogP contribution in [-0.4, -0.2) is 42.9 Å². The predicted molar refractivity (Wildman–Crippen MR) is 145 cm³/mol. The molecule has 1 spiro atoms. The monoisotopic (exact) mass is 543 g/mol. The fourth-order valence-electron chi connectivity index (χ4n) is 6.35. The van der Waals surface area contributed by atoms with Crippen molar-refractivity contribution in [2.75, 3.05) is 23.0 Å². The van der Waals surface area contributed by atoms with Crippen LogP contribution in [0.25, 0.3) is 0 Å². The fraction of sp³-hybridized carbons (Fsp3) is 0.267. The highest BCUT2D eigenvalue weighted by Gasteiger charge is 2.71. The van der Waals surface area contributed by atoms with Gasteiger partial charge < -0.3 is 4.74 Å². The van der Waals surface area contributed by atoms with Crippen LogP contribution in [0.15, 0.2) is 78.9 Å². The van der Waals surface area contributed by atoms with Crippen LogP contribution in [0.1, 0.15) is 18.1 Å². The molecule has 2 fully saturated rings. The number of halogens is 1. The third kappa shape index (κ3) is 3.85. The Morgan fingerprint density at radius 2 is 1.72 bits per heavy atom. The minimum atomic E-state index is -1.52. The van der Waals surface area contributed by atoms with Crippen molar-refractivity contribution in [3.8, 4) is 0 Å². The van der Waals surface area contributed by atoms with Gasteiger partial charge >= 0.3 is 5.97 Å². The van der Waals surface area contributed by atoms with E-state index in [1.54, 1.807) is 55.5 Å². The Morgan fingerprint density at radius 1 is 0.974 bits per heavy atom. The van der Waals surface area contributed by atoms with Crippen LogP contribution in [0.4, 0.5) is 11.4 Å². The molecule has 3 aromatic rings. The van der Waals surface area contributed by atoms with Gasteiger partial charge in [-0.15, -0.1) is 0 Å². The van der Waals surface area contributed by atoms with Gasteiger partial charge in [-0.2, -0.15) is 0 Å². The van der Waals surface area contributed by atoms with Crippen molar-refractivity contribution < 1.29 is 23.9 Å². The second-order valence-corrected chi connectivity index (χ2v) is 10.4. The minimum Gasteiger partial charge on any atom is -0.465 e. The van der Waals surface area contributed by atoms with Crippen LogP contribution in [0.2, 0.25) is 5.02 Å². The van der Waals surface area contributed by atoms with Crippen molar-refractivity contribution in [2.24, 2.45) is 11.8 Å². The summed E-state index contributed by atoms with van der Waals surface area (Å²) in [4.78, 5) is 57.6. The summed E-state index contributed by atoms with van der Waals surface area (Å²) in [6.07, 6.45) is 0.430. The van der Waals surface area contributed by atoms with Gasteiger partial charge in [0.25, 0.3) is 5.91 Å². The summed E-state index contributed by atoms with van der Waals surface area (Å²) in [5, 5.41) is 3.86. The number of imide groups is 1. The van der Waals surface area contributed by atoms with Crippen LogP contribution in [0, 0.1) is 11.8 Å². The number of anilines is 2. The number of para-hydroxylation sites is 1. The lowest BCUT2D eigenvalue weighted by Gasteiger charge is -2.30. The topological polar surface area (TPSA) is 96.0 Å². The largest absolute Gasteiger partial charge is 0.465 e. The molecule has 2 saturated heterocycles. The van der Waals surface area contributed by atoms with Crippen molar-refractivity contribution >= 4 is 46.7 Å². The molecule has 198 valence electrons. The quantitative estimate of drug-likeness (QED) is 0.378. The number of hydrogen-bond acceptors (Lipinski definition) is 6. The summed E-state index contributed by atoms with van der Waals surface area (Å²) in [6.45, 7) is 1.58. The molecule has 0 unspecified atom stereocenters. The average Bonchev–Trinajstić information content (AvgIpc) is 3.48. The molecular formula is C30H26ClN3O5. The second-order valence-electron chi connectivity index (χ2n) is 9.96. The summed E-state index contributed by atoms with van der Waals surface area (Å²) in [5.74, 6) is -3.68. The van der Waals surface area contributed by atoms with Crippen LogP contribution >= 0.6 is 11.6 Å². The Balaban J connectivity index is 1.49. The number of carbonyl (C=O) groups excluding carboxylic acids is 4. The molecule has 9 heteroatoms. The summed E-state index contributed by atoms with van der Waals surface area (Å²) in [5.41, 5.74) is 0.896. The number of rotatable bonds is 6. The zero-order valence-electron chi connectivity index (χ0n) is 21.2. The van der Waals surface area contributed by atoms with Crippen LogP contribution in [0.3, 0.4) is 0 Å². The van der Waals surface area contributed by atoms with E-state index < -0.39 is 41.2 Å². The van der Waals surface area contributed by atoms with E-state index in [-0.39, 0.29) is 19.1 Å². The van der Waals surface area contributed by atoms with Crippen LogP contribution in [-0.2, 0) is 35.9 Å². The smallest absolute Gasteiger partial charge is 0.326 e. The van der Waals surface area contributed by atoms with Crippen molar-refractivity contribution in [2.45, 2.75) is 24.9 Å². The summed E-state index contributed by atoms with van der Waals surface area (Å²) < 4.78 is 5.13. The van der Waals surface area contributed by atoms with Gasteiger partial charge in [0.2, 0.25) is 11.8 Å². The highest BCUT2D eigenvalue weighted by atomic mass is 35.5. The van der Waals surface area contributed by atoms with E-state index in [4.69, 9.17) is 16.3 Å². The molecule has 0 radical (unpaired) electrons.